The van der Waals surface area contributed by atoms with Crippen molar-refractivity contribution in [3.8, 4) is 0 Å². The minimum absolute atomic E-state index is 0.271. The number of rotatable bonds is 3. The van der Waals surface area contributed by atoms with Crippen LogP contribution in [0, 0.1) is 5.92 Å². The molecule has 3 fully saturated rings. The van der Waals surface area contributed by atoms with E-state index >= 15 is 0 Å². The number of aliphatic carboxylic acids is 2. The lowest BCUT2D eigenvalue weighted by Gasteiger charge is -2.39. The minimum atomic E-state index is -5.08. The molecule has 192 valence electrons. The summed E-state index contributed by atoms with van der Waals surface area (Å²) in [6.07, 6.45) is -0.756. The maximum absolute atomic E-state index is 12.4. The van der Waals surface area contributed by atoms with E-state index in [2.05, 4.69) is 10.00 Å². The highest BCUT2D eigenvalue weighted by atomic mass is 19.4. The van der Waals surface area contributed by atoms with Gasteiger partial charge in [-0.1, -0.05) is 0 Å². The van der Waals surface area contributed by atoms with E-state index in [1.165, 1.54) is 19.4 Å². The van der Waals surface area contributed by atoms with Gasteiger partial charge >= 0.3 is 24.3 Å². The van der Waals surface area contributed by atoms with Gasteiger partial charge in [-0.2, -0.15) is 31.4 Å². The molecule has 0 radical (unpaired) electrons. The van der Waals surface area contributed by atoms with Crippen LogP contribution in [0.25, 0.3) is 0 Å². The second kappa shape index (κ2) is 10.6. The van der Waals surface area contributed by atoms with E-state index in [1.807, 2.05) is 24.3 Å². The highest BCUT2D eigenvalue weighted by Crippen LogP contribution is 2.38. The quantitative estimate of drug-likeness (QED) is 0.611. The van der Waals surface area contributed by atoms with Crippen LogP contribution in [-0.2, 0) is 21.4 Å². The van der Waals surface area contributed by atoms with Gasteiger partial charge < -0.3 is 15.1 Å². The number of carboxylic acid groups (broad SMARTS) is 2. The Morgan fingerprint density at radius 2 is 1.53 bits per heavy atom. The highest BCUT2D eigenvalue weighted by Gasteiger charge is 2.45. The Kier molecular flexibility index (Phi) is 8.55. The molecule has 1 saturated carbocycles. The molecule has 3 aliphatic rings. The molecule has 0 aromatic carbocycles. The van der Waals surface area contributed by atoms with Crippen LogP contribution >= 0.6 is 0 Å². The SMILES string of the molecule is Cn1cc(N2C(=O)CC[C@@H]3[C@H]2CCN3CC2CC2)cn1.O=C(O)C(F)(F)F.O=C(O)C(F)(F)F. The van der Waals surface area contributed by atoms with Gasteiger partial charge in [-0.05, 0) is 31.6 Å². The predicted octanol–water partition coefficient (Wildman–Crippen LogP) is 2.67. The standard InChI is InChI=1S/C15H22N4O.2C2HF3O2/c1-17-10-12(8-16-17)19-14-6-7-18(9-11-2-3-11)13(14)4-5-15(19)20;2*3-2(4,5)1(6)7/h8,10-11,13-14H,2-7,9H2,1H3;2*(H,6,7)/t13-,14-;;/m1../s1. The number of nitrogens with zero attached hydrogens (tertiary/aromatic N) is 4. The molecule has 0 bridgehead atoms. The molecular formula is C19H24F6N4O5. The number of halogens is 6. The van der Waals surface area contributed by atoms with Crippen molar-refractivity contribution in [2.75, 3.05) is 18.0 Å². The maximum atomic E-state index is 12.4. The largest absolute Gasteiger partial charge is 0.490 e. The fourth-order valence-corrected chi connectivity index (χ4v) is 3.88. The fraction of sp³-hybridized carbons (Fsp3) is 0.684. The normalized spacial score (nSPS) is 22.8. The topological polar surface area (TPSA) is 116 Å². The van der Waals surface area contributed by atoms with E-state index in [0.717, 1.165) is 31.0 Å². The third-order valence-electron chi connectivity index (χ3n) is 5.52. The number of hydrogen-bond donors (Lipinski definition) is 2. The summed E-state index contributed by atoms with van der Waals surface area (Å²) in [5.41, 5.74) is 0.973. The molecule has 0 spiro atoms. The molecule has 2 atom stereocenters. The number of carbonyl (C=O) groups is 3. The predicted molar refractivity (Wildman–Crippen MR) is 104 cm³/mol. The lowest BCUT2D eigenvalue weighted by Crippen LogP contribution is -2.52. The first-order valence-corrected chi connectivity index (χ1v) is 10.3. The van der Waals surface area contributed by atoms with Crippen LogP contribution in [-0.4, -0.2) is 80.3 Å². The summed E-state index contributed by atoms with van der Waals surface area (Å²) in [6, 6.07) is 0.924. The van der Waals surface area contributed by atoms with Crippen LogP contribution < -0.4 is 4.90 Å². The molecule has 34 heavy (non-hydrogen) atoms. The van der Waals surface area contributed by atoms with E-state index in [0.29, 0.717) is 18.5 Å². The first kappa shape index (κ1) is 27.4. The second-order valence-electron chi connectivity index (χ2n) is 8.14. The van der Waals surface area contributed by atoms with Crippen molar-refractivity contribution in [2.45, 2.75) is 56.5 Å². The third kappa shape index (κ3) is 7.60. The molecule has 1 aromatic heterocycles. The van der Waals surface area contributed by atoms with E-state index in [-0.39, 0.29) is 5.91 Å². The molecule has 1 aromatic rings. The van der Waals surface area contributed by atoms with Gasteiger partial charge in [-0.15, -0.1) is 0 Å². The molecule has 2 saturated heterocycles. The van der Waals surface area contributed by atoms with Crippen LogP contribution in [0.15, 0.2) is 12.4 Å². The molecule has 2 aliphatic heterocycles. The zero-order valence-electron chi connectivity index (χ0n) is 18.0. The van der Waals surface area contributed by atoms with Crippen molar-refractivity contribution >= 4 is 23.5 Å². The summed E-state index contributed by atoms with van der Waals surface area (Å²) in [4.78, 5) is 34.8. The third-order valence-corrected chi connectivity index (χ3v) is 5.52. The summed E-state index contributed by atoms with van der Waals surface area (Å²) in [5, 5.41) is 18.5. The average molecular weight is 502 g/mol. The van der Waals surface area contributed by atoms with Gasteiger partial charge in [0.25, 0.3) is 0 Å². The van der Waals surface area contributed by atoms with Crippen molar-refractivity contribution < 1.29 is 50.9 Å². The first-order valence-electron chi connectivity index (χ1n) is 10.3. The highest BCUT2D eigenvalue weighted by molar-refractivity contribution is 5.94. The molecule has 15 heteroatoms. The second-order valence-corrected chi connectivity index (χ2v) is 8.14. The maximum Gasteiger partial charge on any atom is 0.490 e. The summed E-state index contributed by atoms with van der Waals surface area (Å²) in [7, 11) is 1.91. The monoisotopic (exact) mass is 502 g/mol. The lowest BCUT2D eigenvalue weighted by molar-refractivity contribution is -0.193. The van der Waals surface area contributed by atoms with Crippen LogP contribution in [0.2, 0.25) is 0 Å². The number of likely N-dealkylation sites (tertiary alicyclic amines) is 1. The number of anilines is 1. The first-order chi connectivity index (χ1) is 15.6. The molecular weight excluding hydrogens is 478 g/mol. The van der Waals surface area contributed by atoms with E-state index in [4.69, 9.17) is 19.8 Å². The Hall–Kier alpha value is -2.84. The number of carbonyl (C=O) groups excluding carboxylic acids is 1. The Balaban J connectivity index is 0.000000244. The van der Waals surface area contributed by atoms with E-state index in [9.17, 15) is 31.1 Å². The van der Waals surface area contributed by atoms with Gasteiger partial charge in [0, 0.05) is 38.8 Å². The molecule has 2 N–H and O–H groups in total. The number of carboxylic acids is 2. The van der Waals surface area contributed by atoms with E-state index < -0.39 is 24.3 Å². The zero-order chi connectivity index (χ0) is 25.8. The number of hydrogen-bond acceptors (Lipinski definition) is 5. The Bertz CT molecular complexity index is 859. The number of fused-ring (bicyclic) bond motifs is 1. The van der Waals surface area contributed by atoms with Crippen molar-refractivity contribution in [3.63, 3.8) is 0 Å². The number of alkyl halides is 6. The molecule has 3 heterocycles. The van der Waals surface area contributed by atoms with Gasteiger partial charge in [0.05, 0.1) is 17.9 Å². The smallest absolute Gasteiger partial charge is 0.475 e. The molecule has 1 amide bonds. The summed E-state index contributed by atoms with van der Waals surface area (Å²) in [6.45, 7) is 2.39. The van der Waals surface area contributed by atoms with Crippen LogP contribution in [0.4, 0.5) is 32.0 Å². The lowest BCUT2D eigenvalue weighted by atomic mass is 9.96. The summed E-state index contributed by atoms with van der Waals surface area (Å²) in [5.74, 6) is -4.31. The van der Waals surface area contributed by atoms with Crippen molar-refractivity contribution in [1.82, 2.24) is 14.7 Å². The summed E-state index contributed by atoms with van der Waals surface area (Å²) < 4.78 is 65.3. The van der Waals surface area contributed by atoms with Crippen LogP contribution in [0.5, 0.6) is 0 Å². The Morgan fingerprint density at radius 1 is 1.00 bits per heavy atom. The van der Waals surface area contributed by atoms with Crippen LogP contribution in [0.3, 0.4) is 0 Å². The minimum Gasteiger partial charge on any atom is -0.475 e. The average Bonchev–Trinajstić information content (AvgIpc) is 3.28. The molecule has 4 rings (SSSR count). The van der Waals surface area contributed by atoms with Gasteiger partial charge in [0.1, 0.15) is 0 Å². The molecule has 0 unspecified atom stereocenters. The molecule has 1 aliphatic carbocycles. The van der Waals surface area contributed by atoms with Crippen molar-refractivity contribution in [3.05, 3.63) is 12.4 Å². The van der Waals surface area contributed by atoms with E-state index in [1.54, 1.807) is 4.68 Å². The number of piperidine rings is 1. The van der Waals surface area contributed by atoms with Crippen LogP contribution in [0.1, 0.15) is 32.1 Å². The van der Waals surface area contributed by atoms with Gasteiger partial charge in [0.15, 0.2) is 0 Å². The van der Waals surface area contributed by atoms with Crippen molar-refractivity contribution in [1.29, 1.82) is 0 Å². The zero-order valence-corrected chi connectivity index (χ0v) is 18.0. The van der Waals surface area contributed by atoms with Gasteiger partial charge in [0.2, 0.25) is 5.91 Å². The van der Waals surface area contributed by atoms with Gasteiger partial charge in [-0.25, -0.2) is 9.59 Å². The number of aromatic nitrogens is 2. The van der Waals surface area contributed by atoms with Gasteiger partial charge in [-0.3, -0.25) is 14.4 Å². The summed E-state index contributed by atoms with van der Waals surface area (Å²) >= 11 is 0. The Labute approximate surface area is 189 Å². The molecule has 9 nitrogen and oxygen atoms in total. The Morgan fingerprint density at radius 3 is 1.94 bits per heavy atom. The van der Waals surface area contributed by atoms with Crippen molar-refractivity contribution in [2.24, 2.45) is 13.0 Å². The number of amides is 1. The number of aryl methyl sites for hydroxylation is 1. The fourth-order valence-electron chi connectivity index (χ4n) is 3.88.